The van der Waals surface area contributed by atoms with Gasteiger partial charge in [0.05, 0.1) is 5.56 Å². The van der Waals surface area contributed by atoms with Crippen LogP contribution in [0.15, 0.2) is 30.5 Å². The Bertz CT molecular complexity index is 907. The highest BCUT2D eigenvalue weighted by Gasteiger charge is 2.32. The van der Waals surface area contributed by atoms with E-state index < -0.39 is 11.7 Å². The first-order valence-electron chi connectivity index (χ1n) is 10.6. The summed E-state index contributed by atoms with van der Waals surface area (Å²) in [6.45, 7) is 7.96. The number of benzene rings is 1. The van der Waals surface area contributed by atoms with Gasteiger partial charge in [0, 0.05) is 70.0 Å². The summed E-state index contributed by atoms with van der Waals surface area (Å²) in [5, 5.41) is 4.21. The van der Waals surface area contributed by atoms with E-state index in [4.69, 9.17) is 0 Å². The van der Waals surface area contributed by atoms with Crippen LogP contribution in [0, 0.1) is 0 Å². The van der Waals surface area contributed by atoms with Crippen molar-refractivity contribution < 1.29 is 18.0 Å². The molecule has 32 heavy (non-hydrogen) atoms. The number of amides is 1. The Morgan fingerprint density at radius 2 is 1.84 bits per heavy atom. The van der Waals surface area contributed by atoms with Gasteiger partial charge in [-0.3, -0.25) is 4.90 Å². The quantitative estimate of drug-likeness (QED) is 0.612. The fourth-order valence-electron chi connectivity index (χ4n) is 3.83. The number of nitrogens with one attached hydrogen (secondary N) is 1. The lowest BCUT2D eigenvalue weighted by Gasteiger charge is -2.35. The Morgan fingerprint density at radius 3 is 2.44 bits per heavy atom. The molecule has 1 N–H and O–H groups in total. The second kappa shape index (κ2) is 10.5. The van der Waals surface area contributed by atoms with E-state index in [2.05, 4.69) is 19.6 Å². The number of alkyl halides is 3. The maximum Gasteiger partial charge on any atom is 0.416 e. The van der Waals surface area contributed by atoms with Crippen LogP contribution in [0.5, 0.6) is 0 Å². The van der Waals surface area contributed by atoms with E-state index in [-0.39, 0.29) is 6.03 Å². The minimum Gasteiger partial charge on any atom is -0.372 e. The van der Waals surface area contributed by atoms with Crippen molar-refractivity contribution in [1.29, 1.82) is 0 Å². The van der Waals surface area contributed by atoms with E-state index in [9.17, 15) is 18.0 Å². The van der Waals surface area contributed by atoms with E-state index in [1.54, 1.807) is 23.2 Å². The van der Waals surface area contributed by atoms with Gasteiger partial charge in [0.1, 0.15) is 0 Å². The lowest BCUT2D eigenvalue weighted by Crippen LogP contribution is -2.49. The van der Waals surface area contributed by atoms with Crippen LogP contribution in [0.2, 0.25) is 0 Å². The fraction of sp³-hybridized carbons (Fsp3) is 0.524. The average molecular weight is 471 g/mol. The molecular formula is C21H29F3N6OS. The molecule has 0 radical (unpaired) electrons. The number of nitrogens with zero attached hydrogens (tertiary/aromatic N) is 5. The molecule has 1 aromatic carbocycles. The predicted molar refractivity (Wildman–Crippen MR) is 122 cm³/mol. The molecule has 0 aliphatic carbocycles. The summed E-state index contributed by atoms with van der Waals surface area (Å²) in [7, 11) is 0. The molecule has 1 aliphatic heterocycles. The summed E-state index contributed by atoms with van der Waals surface area (Å²) in [5.41, 5.74) is 0.848. The van der Waals surface area contributed by atoms with Gasteiger partial charge in [-0.1, -0.05) is 11.9 Å². The summed E-state index contributed by atoms with van der Waals surface area (Å²) in [4.78, 5) is 18.6. The number of aromatic nitrogens is 2. The minimum absolute atomic E-state index is 0.207. The number of anilines is 2. The molecule has 2 aromatic rings. The monoisotopic (exact) mass is 470 g/mol. The zero-order valence-corrected chi connectivity index (χ0v) is 19.3. The summed E-state index contributed by atoms with van der Waals surface area (Å²) in [6, 6.07) is 5.50. The molecular weight excluding hydrogens is 441 g/mol. The maximum atomic E-state index is 13.3. The fourth-order valence-corrected chi connectivity index (χ4v) is 4.15. The van der Waals surface area contributed by atoms with E-state index >= 15 is 0 Å². The van der Waals surface area contributed by atoms with Crippen LogP contribution in [0.1, 0.15) is 25.0 Å². The number of carbonyl (C=O) groups excluding carboxylic acids is 1. The molecule has 0 unspecified atom stereocenters. The highest BCUT2D eigenvalue weighted by Crippen LogP contribution is 2.33. The van der Waals surface area contributed by atoms with Crippen molar-refractivity contribution in [3.8, 4) is 0 Å². The first-order chi connectivity index (χ1) is 15.3. The van der Waals surface area contributed by atoms with E-state index in [1.807, 2.05) is 20.1 Å². The van der Waals surface area contributed by atoms with Crippen molar-refractivity contribution in [3.05, 3.63) is 41.6 Å². The molecule has 176 valence electrons. The van der Waals surface area contributed by atoms with Crippen molar-refractivity contribution in [2.45, 2.75) is 26.6 Å². The van der Waals surface area contributed by atoms with Gasteiger partial charge in [-0.05, 0) is 37.6 Å². The molecule has 7 nitrogen and oxygen atoms in total. The van der Waals surface area contributed by atoms with Crippen LogP contribution in [0.4, 0.5) is 29.5 Å². The molecule has 3 rings (SSSR count). The Kier molecular flexibility index (Phi) is 7.94. The van der Waals surface area contributed by atoms with Gasteiger partial charge < -0.3 is 14.5 Å². The Balaban J connectivity index is 1.68. The Hall–Kier alpha value is -2.40. The molecule has 2 heterocycles. The average Bonchev–Trinajstić information content (AvgIpc) is 3.24. The van der Waals surface area contributed by atoms with Crippen molar-refractivity contribution in [2.24, 2.45) is 0 Å². The van der Waals surface area contributed by atoms with Crippen LogP contribution >= 0.6 is 11.9 Å². The third-order valence-electron chi connectivity index (χ3n) is 5.54. The Labute approximate surface area is 190 Å². The lowest BCUT2D eigenvalue weighted by molar-refractivity contribution is -0.137. The third kappa shape index (κ3) is 5.69. The minimum atomic E-state index is -4.38. The van der Waals surface area contributed by atoms with Crippen LogP contribution in [-0.2, 0) is 12.7 Å². The van der Waals surface area contributed by atoms with Gasteiger partial charge in [-0.25, -0.2) is 4.79 Å². The highest BCUT2D eigenvalue weighted by atomic mass is 32.2. The molecule has 0 atom stereocenters. The molecule has 0 spiro atoms. The van der Waals surface area contributed by atoms with E-state index in [0.717, 1.165) is 11.8 Å². The zero-order chi connectivity index (χ0) is 23.3. The molecule has 1 aliphatic rings. The van der Waals surface area contributed by atoms with Crippen LogP contribution < -0.4 is 9.62 Å². The third-order valence-corrected chi connectivity index (χ3v) is 5.95. The van der Waals surface area contributed by atoms with Crippen LogP contribution in [0.3, 0.4) is 0 Å². The smallest absolute Gasteiger partial charge is 0.372 e. The van der Waals surface area contributed by atoms with Gasteiger partial charge in [-0.15, -0.1) is 5.10 Å². The summed E-state index contributed by atoms with van der Waals surface area (Å²) < 4.78 is 44.2. The Morgan fingerprint density at radius 1 is 1.16 bits per heavy atom. The number of rotatable bonds is 7. The molecule has 0 saturated carbocycles. The van der Waals surface area contributed by atoms with E-state index in [1.165, 1.54) is 22.7 Å². The van der Waals surface area contributed by atoms with E-state index in [0.29, 0.717) is 57.2 Å². The molecule has 0 bridgehead atoms. The number of carbonyl (C=O) groups is 1. The number of hydrogen-bond acceptors (Lipinski definition) is 6. The summed E-state index contributed by atoms with van der Waals surface area (Å²) in [6.07, 6.45) is -0.891. The normalized spacial score (nSPS) is 15.1. The van der Waals surface area contributed by atoms with Gasteiger partial charge in [0.15, 0.2) is 5.82 Å². The van der Waals surface area contributed by atoms with Crippen molar-refractivity contribution >= 4 is 29.5 Å². The topological polar surface area (TPSA) is 56.6 Å². The summed E-state index contributed by atoms with van der Waals surface area (Å²) >= 11 is 1.39. The maximum absolute atomic E-state index is 13.3. The molecule has 11 heteroatoms. The molecule has 1 fully saturated rings. The van der Waals surface area contributed by atoms with Crippen molar-refractivity contribution in [1.82, 2.24) is 19.6 Å². The van der Waals surface area contributed by atoms with Gasteiger partial charge in [0.25, 0.3) is 0 Å². The standard InChI is InChI=1S/C21H29F3N6OS/c1-4-28(5-2)18-7-6-17(21(22,23)24)14-16(18)15-27-10-12-29(13-11-27)20(31)30-9-8-19(25-30)26-32-3/h6-9,14H,4-5,10-13,15H2,1-3H3,(H,25,26). The molecule has 1 saturated heterocycles. The van der Waals surface area contributed by atoms with Crippen LogP contribution in [0.25, 0.3) is 0 Å². The van der Waals surface area contributed by atoms with Gasteiger partial charge in [-0.2, -0.15) is 17.9 Å². The molecule has 1 amide bonds. The SMILES string of the molecule is CCN(CC)c1ccc(C(F)(F)F)cc1CN1CCN(C(=O)n2ccc(NSC)n2)CC1. The number of halogens is 3. The number of hydrogen-bond donors (Lipinski definition) is 1. The molecule has 1 aromatic heterocycles. The largest absolute Gasteiger partial charge is 0.416 e. The predicted octanol–water partition coefficient (Wildman–Crippen LogP) is 4.22. The van der Waals surface area contributed by atoms with Crippen molar-refractivity contribution in [2.75, 3.05) is 55.1 Å². The zero-order valence-electron chi connectivity index (χ0n) is 18.5. The summed E-state index contributed by atoms with van der Waals surface area (Å²) in [5.74, 6) is 0.609. The van der Waals surface area contributed by atoms with Gasteiger partial charge in [0.2, 0.25) is 0 Å². The second-order valence-corrected chi connectivity index (χ2v) is 8.12. The first kappa shape index (κ1) is 24.2. The first-order valence-corrected chi connectivity index (χ1v) is 11.8. The van der Waals surface area contributed by atoms with Gasteiger partial charge >= 0.3 is 12.2 Å². The van der Waals surface area contributed by atoms with Crippen molar-refractivity contribution in [3.63, 3.8) is 0 Å². The second-order valence-electron chi connectivity index (χ2n) is 7.51. The van der Waals surface area contributed by atoms with Crippen LogP contribution in [-0.4, -0.2) is 71.1 Å². The lowest BCUT2D eigenvalue weighted by atomic mass is 10.1. The highest BCUT2D eigenvalue weighted by molar-refractivity contribution is 7.99. The number of piperazine rings is 1.